The van der Waals surface area contributed by atoms with Gasteiger partial charge >= 0.3 is 0 Å². The van der Waals surface area contributed by atoms with E-state index in [0.717, 1.165) is 31.2 Å². The Morgan fingerprint density at radius 1 is 1.21 bits per heavy atom. The molecule has 2 aliphatic carbocycles. The summed E-state index contributed by atoms with van der Waals surface area (Å²) in [5, 5.41) is 2.97. The van der Waals surface area contributed by atoms with Crippen LogP contribution >= 0.6 is 12.4 Å². The number of amides is 1. The summed E-state index contributed by atoms with van der Waals surface area (Å²) in [5.74, 6) is 0.0152. The van der Waals surface area contributed by atoms with Crippen LogP contribution in [0.25, 0.3) is 0 Å². The van der Waals surface area contributed by atoms with E-state index in [1.165, 1.54) is 24.0 Å². The Balaban J connectivity index is 0.00000133. The first kappa shape index (κ1) is 14.4. The monoisotopic (exact) mass is 280 g/mol. The molecule has 1 amide bonds. The van der Waals surface area contributed by atoms with Crippen LogP contribution in [-0.2, 0) is 12.8 Å². The molecular formula is C15H21ClN2O. The van der Waals surface area contributed by atoms with E-state index in [1.54, 1.807) is 0 Å². The van der Waals surface area contributed by atoms with Crippen LogP contribution in [0.4, 0.5) is 0 Å². The fourth-order valence-corrected chi connectivity index (χ4v) is 2.88. The first-order chi connectivity index (χ1) is 8.66. The lowest BCUT2D eigenvalue weighted by molar-refractivity contribution is 0.0929. The third kappa shape index (κ3) is 2.93. The second-order valence-electron chi connectivity index (χ2n) is 5.74. The molecule has 0 unspecified atom stereocenters. The summed E-state index contributed by atoms with van der Waals surface area (Å²) in [7, 11) is 0. The normalized spacial score (nSPS) is 19.0. The molecular weight excluding hydrogens is 260 g/mol. The number of hydrogen-bond donors (Lipinski definition) is 2. The number of carbonyl (C=O) groups is 1. The Morgan fingerprint density at radius 2 is 1.95 bits per heavy atom. The Hall–Kier alpha value is -1.06. The number of benzene rings is 1. The molecule has 1 aromatic rings. The van der Waals surface area contributed by atoms with Crippen LogP contribution in [0.3, 0.4) is 0 Å². The van der Waals surface area contributed by atoms with Crippen molar-refractivity contribution in [3.05, 3.63) is 34.9 Å². The van der Waals surface area contributed by atoms with Crippen molar-refractivity contribution in [2.45, 2.75) is 44.1 Å². The van der Waals surface area contributed by atoms with Gasteiger partial charge in [0, 0.05) is 17.6 Å². The average molecular weight is 281 g/mol. The minimum absolute atomic E-state index is 0. The SMILES string of the molecule is Cl.NC1(CNC(=O)c2ccc3c(c2)CCC3)CCC1. The lowest BCUT2D eigenvalue weighted by Crippen LogP contribution is -2.54. The van der Waals surface area contributed by atoms with Crippen molar-refractivity contribution < 1.29 is 4.79 Å². The second-order valence-corrected chi connectivity index (χ2v) is 5.74. The Labute approximate surface area is 120 Å². The number of halogens is 1. The number of nitrogens with two attached hydrogens (primary N) is 1. The average Bonchev–Trinajstić information content (AvgIpc) is 2.80. The first-order valence-corrected chi connectivity index (χ1v) is 6.85. The van der Waals surface area contributed by atoms with Gasteiger partial charge in [0.05, 0.1) is 0 Å². The quantitative estimate of drug-likeness (QED) is 0.892. The lowest BCUT2D eigenvalue weighted by atomic mass is 9.78. The van der Waals surface area contributed by atoms with Crippen LogP contribution in [0.2, 0.25) is 0 Å². The van der Waals surface area contributed by atoms with Crippen molar-refractivity contribution in [2.75, 3.05) is 6.54 Å². The molecule has 3 N–H and O–H groups in total. The molecule has 0 spiro atoms. The number of nitrogens with one attached hydrogen (secondary N) is 1. The molecule has 1 aromatic carbocycles. The molecule has 19 heavy (non-hydrogen) atoms. The van der Waals surface area contributed by atoms with Gasteiger partial charge in [0.2, 0.25) is 0 Å². The van der Waals surface area contributed by atoms with Crippen LogP contribution < -0.4 is 11.1 Å². The smallest absolute Gasteiger partial charge is 0.251 e. The van der Waals surface area contributed by atoms with Crippen LogP contribution in [0, 0.1) is 0 Å². The molecule has 2 aliphatic rings. The zero-order valence-electron chi connectivity index (χ0n) is 11.1. The molecule has 0 heterocycles. The maximum Gasteiger partial charge on any atom is 0.251 e. The highest BCUT2D eigenvalue weighted by Crippen LogP contribution is 2.28. The summed E-state index contributed by atoms with van der Waals surface area (Å²) in [5.41, 5.74) is 9.48. The Kier molecular flexibility index (Phi) is 4.16. The van der Waals surface area contributed by atoms with Gasteiger partial charge in [-0.1, -0.05) is 6.07 Å². The third-order valence-corrected chi connectivity index (χ3v) is 4.31. The van der Waals surface area contributed by atoms with E-state index in [9.17, 15) is 4.79 Å². The van der Waals surface area contributed by atoms with Gasteiger partial charge in [0.25, 0.3) is 5.91 Å². The van der Waals surface area contributed by atoms with Crippen molar-refractivity contribution in [1.82, 2.24) is 5.32 Å². The fraction of sp³-hybridized carbons (Fsp3) is 0.533. The van der Waals surface area contributed by atoms with E-state index < -0.39 is 0 Å². The number of rotatable bonds is 3. The summed E-state index contributed by atoms with van der Waals surface area (Å²) in [6, 6.07) is 6.07. The number of aryl methyl sites for hydroxylation is 2. The summed E-state index contributed by atoms with van der Waals surface area (Å²) >= 11 is 0. The van der Waals surface area contributed by atoms with E-state index in [-0.39, 0.29) is 23.9 Å². The van der Waals surface area contributed by atoms with Crippen molar-refractivity contribution in [3.63, 3.8) is 0 Å². The molecule has 3 nitrogen and oxygen atoms in total. The molecule has 0 aromatic heterocycles. The molecule has 0 bridgehead atoms. The molecule has 0 aliphatic heterocycles. The lowest BCUT2D eigenvalue weighted by Gasteiger charge is -2.38. The number of fused-ring (bicyclic) bond motifs is 1. The molecule has 3 rings (SSSR count). The van der Waals surface area contributed by atoms with E-state index >= 15 is 0 Å². The zero-order chi connectivity index (χ0) is 12.6. The van der Waals surface area contributed by atoms with E-state index in [4.69, 9.17) is 5.73 Å². The van der Waals surface area contributed by atoms with Gasteiger partial charge in [0.1, 0.15) is 0 Å². The van der Waals surface area contributed by atoms with E-state index in [2.05, 4.69) is 11.4 Å². The van der Waals surface area contributed by atoms with Crippen molar-refractivity contribution in [1.29, 1.82) is 0 Å². The molecule has 1 saturated carbocycles. The topological polar surface area (TPSA) is 55.1 Å². The minimum atomic E-state index is -0.146. The maximum atomic E-state index is 12.1. The number of hydrogen-bond acceptors (Lipinski definition) is 2. The minimum Gasteiger partial charge on any atom is -0.350 e. The van der Waals surface area contributed by atoms with Gasteiger partial charge in [-0.15, -0.1) is 12.4 Å². The predicted molar refractivity (Wildman–Crippen MR) is 78.8 cm³/mol. The molecule has 104 valence electrons. The largest absolute Gasteiger partial charge is 0.350 e. The van der Waals surface area contributed by atoms with Gasteiger partial charge < -0.3 is 11.1 Å². The summed E-state index contributed by atoms with van der Waals surface area (Å²) in [6.45, 7) is 0.600. The Morgan fingerprint density at radius 3 is 2.63 bits per heavy atom. The van der Waals surface area contributed by atoms with Gasteiger partial charge in [-0.2, -0.15) is 0 Å². The van der Waals surface area contributed by atoms with E-state index in [1.807, 2.05) is 12.1 Å². The van der Waals surface area contributed by atoms with Gasteiger partial charge in [0.15, 0.2) is 0 Å². The second kappa shape index (κ2) is 5.51. The molecule has 4 heteroatoms. The highest BCUT2D eigenvalue weighted by molar-refractivity contribution is 5.94. The maximum absolute atomic E-state index is 12.1. The summed E-state index contributed by atoms with van der Waals surface area (Å²) in [4.78, 5) is 12.1. The van der Waals surface area contributed by atoms with Crippen molar-refractivity contribution in [2.24, 2.45) is 5.73 Å². The van der Waals surface area contributed by atoms with Gasteiger partial charge in [-0.25, -0.2) is 0 Å². The van der Waals surface area contributed by atoms with Crippen molar-refractivity contribution in [3.8, 4) is 0 Å². The Bertz CT molecular complexity index is 483. The predicted octanol–water partition coefficient (Wildman–Crippen LogP) is 2.21. The zero-order valence-corrected chi connectivity index (χ0v) is 11.9. The van der Waals surface area contributed by atoms with Crippen LogP contribution in [-0.4, -0.2) is 18.0 Å². The van der Waals surface area contributed by atoms with Gasteiger partial charge in [-0.3, -0.25) is 4.79 Å². The van der Waals surface area contributed by atoms with Gasteiger partial charge in [-0.05, 0) is 61.8 Å². The van der Waals surface area contributed by atoms with Crippen molar-refractivity contribution >= 4 is 18.3 Å². The molecule has 0 atom stereocenters. The molecule has 0 radical (unpaired) electrons. The summed E-state index contributed by atoms with van der Waals surface area (Å²) < 4.78 is 0. The molecule has 1 fully saturated rings. The fourth-order valence-electron chi connectivity index (χ4n) is 2.88. The van der Waals surface area contributed by atoms with E-state index in [0.29, 0.717) is 6.54 Å². The summed E-state index contributed by atoms with van der Waals surface area (Å²) in [6.07, 6.45) is 6.72. The first-order valence-electron chi connectivity index (χ1n) is 6.85. The standard InChI is InChI=1S/C15H20N2O.ClH/c16-15(7-2-8-15)10-17-14(18)13-6-5-11-3-1-4-12(11)9-13;/h5-6,9H,1-4,7-8,10,16H2,(H,17,18);1H. The highest BCUT2D eigenvalue weighted by Gasteiger charge is 2.32. The number of carbonyl (C=O) groups excluding carboxylic acids is 1. The third-order valence-electron chi connectivity index (χ3n) is 4.31. The highest BCUT2D eigenvalue weighted by atomic mass is 35.5. The van der Waals surface area contributed by atoms with Crippen LogP contribution in [0.15, 0.2) is 18.2 Å². The van der Waals surface area contributed by atoms with Crippen LogP contribution in [0.1, 0.15) is 47.2 Å². The molecule has 0 saturated heterocycles. The van der Waals surface area contributed by atoms with Crippen LogP contribution in [0.5, 0.6) is 0 Å².